The first-order chi connectivity index (χ1) is 22.0. The van der Waals surface area contributed by atoms with Crippen molar-refractivity contribution in [1.29, 1.82) is 0 Å². The second kappa shape index (κ2) is 11.0. The third-order valence-electron chi connectivity index (χ3n) is 8.41. The molecule has 9 nitrogen and oxygen atoms in total. The van der Waals surface area contributed by atoms with E-state index < -0.39 is 27.9 Å². The van der Waals surface area contributed by atoms with Crippen molar-refractivity contribution in [3.05, 3.63) is 96.3 Å². The van der Waals surface area contributed by atoms with Crippen LogP contribution in [0.5, 0.6) is 5.75 Å². The van der Waals surface area contributed by atoms with E-state index in [1.165, 1.54) is 42.7 Å². The fourth-order valence-corrected chi connectivity index (χ4v) is 6.57. The van der Waals surface area contributed by atoms with Crippen molar-refractivity contribution < 1.29 is 31.9 Å². The van der Waals surface area contributed by atoms with Crippen LogP contribution >= 0.6 is 0 Å². The quantitative estimate of drug-likeness (QED) is 0.238. The summed E-state index contributed by atoms with van der Waals surface area (Å²) in [5.41, 5.74) is 5.12. The topological polar surface area (TPSA) is 114 Å². The number of hydrogen-bond donors (Lipinski definition) is 2. The van der Waals surface area contributed by atoms with Crippen molar-refractivity contribution in [3.8, 4) is 39.5 Å². The zero-order chi connectivity index (χ0) is 32.3. The second-order valence-corrected chi connectivity index (χ2v) is 13.4. The van der Waals surface area contributed by atoms with Gasteiger partial charge in [0.05, 0.1) is 29.7 Å². The minimum Gasteiger partial charge on any atom is -0.490 e. The zero-order valence-electron chi connectivity index (χ0n) is 25.2. The molecule has 0 saturated carbocycles. The molecule has 234 valence electrons. The number of aromatic nitrogens is 1. The molecule has 46 heavy (non-hydrogen) atoms. The highest BCUT2D eigenvalue weighted by Gasteiger charge is 2.27. The molecule has 0 bridgehead atoms. The standard InChI is InChI=1S/C35H30FN3O6S/c1-37-35(41)33-27-16-25(29(38(2)46(3,42)43)17-32(27)45-34(33)20-8-11-23(36)12-9-20)21-10-13-31-26(14-21)30-15-22-6-4-5-7-28(22)39(30)18-24(40)19-44-31/h4-17,24,40H,18-19H2,1-3H3,(H,37,41). The summed E-state index contributed by atoms with van der Waals surface area (Å²) >= 11 is 0. The zero-order valence-corrected chi connectivity index (χ0v) is 26.1. The van der Waals surface area contributed by atoms with Crippen molar-refractivity contribution in [2.75, 3.05) is 31.3 Å². The van der Waals surface area contributed by atoms with Gasteiger partial charge in [0.2, 0.25) is 10.0 Å². The lowest BCUT2D eigenvalue weighted by molar-refractivity contribution is 0.0921. The molecule has 4 aromatic carbocycles. The molecule has 1 amide bonds. The van der Waals surface area contributed by atoms with E-state index in [1.807, 2.05) is 42.5 Å². The summed E-state index contributed by atoms with van der Waals surface area (Å²) in [4.78, 5) is 13.3. The third kappa shape index (κ3) is 4.97. The minimum absolute atomic E-state index is 0.100. The van der Waals surface area contributed by atoms with Crippen molar-refractivity contribution in [1.82, 2.24) is 9.88 Å². The Kier molecular flexibility index (Phi) is 7.10. The number of sulfonamides is 1. The number of amides is 1. The minimum atomic E-state index is -3.72. The van der Waals surface area contributed by atoms with Crippen LogP contribution in [0.2, 0.25) is 0 Å². The molecule has 0 fully saturated rings. The van der Waals surface area contributed by atoms with Gasteiger partial charge in [-0.3, -0.25) is 9.10 Å². The number of carbonyl (C=O) groups is 1. The average molecular weight is 640 g/mol. The van der Waals surface area contributed by atoms with E-state index in [2.05, 4.69) is 9.88 Å². The van der Waals surface area contributed by atoms with Gasteiger partial charge in [-0.1, -0.05) is 24.3 Å². The summed E-state index contributed by atoms with van der Waals surface area (Å²) < 4.78 is 55.0. The summed E-state index contributed by atoms with van der Waals surface area (Å²) in [5, 5.41) is 14.8. The summed E-state index contributed by atoms with van der Waals surface area (Å²) in [6.07, 6.45) is 0.389. The molecule has 0 radical (unpaired) electrons. The predicted molar refractivity (Wildman–Crippen MR) is 176 cm³/mol. The largest absolute Gasteiger partial charge is 0.490 e. The molecule has 1 aliphatic rings. The van der Waals surface area contributed by atoms with Gasteiger partial charge in [0.15, 0.2) is 0 Å². The Morgan fingerprint density at radius 1 is 1.00 bits per heavy atom. The summed E-state index contributed by atoms with van der Waals surface area (Å²) in [5.74, 6) is -0.0484. The van der Waals surface area contributed by atoms with Gasteiger partial charge in [0.25, 0.3) is 5.91 Å². The van der Waals surface area contributed by atoms with Gasteiger partial charge in [0, 0.05) is 53.1 Å². The van der Waals surface area contributed by atoms with Gasteiger partial charge in [-0.25, -0.2) is 12.8 Å². The fourth-order valence-electron chi connectivity index (χ4n) is 6.06. The van der Waals surface area contributed by atoms with Gasteiger partial charge in [-0.2, -0.15) is 0 Å². The van der Waals surface area contributed by atoms with E-state index in [9.17, 15) is 22.7 Å². The van der Waals surface area contributed by atoms with Gasteiger partial charge < -0.3 is 24.1 Å². The maximum atomic E-state index is 13.8. The number of furan rings is 1. The van der Waals surface area contributed by atoms with Crippen molar-refractivity contribution in [2.45, 2.75) is 12.6 Å². The van der Waals surface area contributed by atoms with Crippen LogP contribution in [-0.4, -0.2) is 57.1 Å². The predicted octanol–water partition coefficient (Wildman–Crippen LogP) is 6.04. The van der Waals surface area contributed by atoms with Crippen molar-refractivity contribution >= 4 is 43.5 Å². The number of para-hydroxylation sites is 1. The first kappa shape index (κ1) is 29.6. The number of anilines is 1. The molecule has 0 aliphatic carbocycles. The van der Waals surface area contributed by atoms with Crippen LogP contribution in [-0.2, 0) is 16.6 Å². The maximum absolute atomic E-state index is 13.8. The Morgan fingerprint density at radius 3 is 2.48 bits per heavy atom. The van der Waals surface area contributed by atoms with Crippen LogP contribution in [0.4, 0.5) is 10.1 Å². The Balaban J connectivity index is 1.50. The molecule has 1 atom stereocenters. The lowest BCUT2D eigenvalue weighted by atomic mass is 9.96. The number of halogens is 1. The highest BCUT2D eigenvalue weighted by Crippen LogP contribution is 2.44. The van der Waals surface area contributed by atoms with Crippen LogP contribution in [0, 0.1) is 5.82 Å². The molecule has 11 heteroatoms. The van der Waals surface area contributed by atoms with E-state index in [0.717, 1.165) is 28.4 Å². The van der Waals surface area contributed by atoms with E-state index in [4.69, 9.17) is 9.15 Å². The van der Waals surface area contributed by atoms with Crippen LogP contribution in [0.25, 0.3) is 55.6 Å². The molecular weight excluding hydrogens is 609 g/mol. The van der Waals surface area contributed by atoms with Crippen LogP contribution in [0.1, 0.15) is 10.4 Å². The number of rotatable bonds is 5. The highest BCUT2D eigenvalue weighted by molar-refractivity contribution is 7.92. The Hall–Kier alpha value is -5.13. The number of hydrogen-bond acceptors (Lipinski definition) is 6. The molecule has 2 aromatic heterocycles. The Bertz CT molecular complexity index is 2270. The monoisotopic (exact) mass is 639 g/mol. The number of fused-ring (bicyclic) bond motifs is 6. The molecule has 6 aromatic rings. The van der Waals surface area contributed by atoms with E-state index in [-0.39, 0.29) is 23.5 Å². The summed E-state index contributed by atoms with van der Waals surface area (Å²) in [6.45, 7) is 0.431. The lowest BCUT2D eigenvalue weighted by Gasteiger charge is -2.24. The van der Waals surface area contributed by atoms with Crippen LogP contribution in [0.15, 0.2) is 89.3 Å². The van der Waals surface area contributed by atoms with Crippen molar-refractivity contribution in [3.63, 3.8) is 0 Å². The molecule has 0 spiro atoms. The normalized spacial score (nSPS) is 14.7. The molecule has 2 N–H and O–H groups in total. The molecular formula is C35H30FN3O6S. The number of benzene rings is 4. The number of carbonyl (C=O) groups excluding carboxylic acids is 1. The number of aliphatic hydroxyl groups is 1. The molecule has 0 saturated heterocycles. The molecule has 3 heterocycles. The van der Waals surface area contributed by atoms with Crippen molar-refractivity contribution in [2.24, 2.45) is 0 Å². The van der Waals surface area contributed by atoms with Crippen LogP contribution in [0.3, 0.4) is 0 Å². The van der Waals surface area contributed by atoms with Gasteiger partial charge >= 0.3 is 0 Å². The van der Waals surface area contributed by atoms with Gasteiger partial charge in [0.1, 0.15) is 35.6 Å². The first-order valence-corrected chi connectivity index (χ1v) is 16.4. The third-order valence-corrected chi connectivity index (χ3v) is 9.60. The Morgan fingerprint density at radius 2 is 1.74 bits per heavy atom. The molecule has 1 aliphatic heterocycles. The fraction of sp³-hybridized carbons (Fsp3) is 0.171. The van der Waals surface area contributed by atoms with Gasteiger partial charge in [-0.05, 0) is 60.2 Å². The smallest absolute Gasteiger partial charge is 0.255 e. The first-order valence-electron chi connectivity index (χ1n) is 14.6. The maximum Gasteiger partial charge on any atom is 0.255 e. The summed E-state index contributed by atoms with van der Waals surface area (Å²) in [6, 6.07) is 24.5. The molecule has 7 rings (SSSR count). The van der Waals surface area contributed by atoms with E-state index >= 15 is 0 Å². The number of aliphatic hydroxyl groups excluding tert-OH is 1. The lowest BCUT2D eigenvalue weighted by Crippen LogP contribution is -2.26. The van der Waals surface area contributed by atoms with Crippen LogP contribution < -0.4 is 14.4 Å². The SMILES string of the molecule is CNC(=O)c1c(-c2ccc(F)cc2)oc2cc(N(C)S(C)(=O)=O)c(-c3ccc4c(c3)-c3cc5ccccc5n3CC(O)CO4)cc12. The average Bonchev–Trinajstić information content (AvgIpc) is 3.59. The van der Waals surface area contributed by atoms with E-state index in [1.54, 1.807) is 18.2 Å². The summed E-state index contributed by atoms with van der Waals surface area (Å²) in [7, 11) is -0.757. The number of ether oxygens (including phenoxy) is 1. The Labute approximate surface area is 264 Å². The number of nitrogens with zero attached hydrogens (tertiary/aromatic N) is 2. The second-order valence-electron chi connectivity index (χ2n) is 11.4. The highest BCUT2D eigenvalue weighted by atomic mass is 32.2. The number of nitrogens with one attached hydrogen (secondary N) is 1. The molecule has 1 unspecified atom stereocenters. The van der Waals surface area contributed by atoms with Gasteiger partial charge in [-0.15, -0.1) is 0 Å². The van der Waals surface area contributed by atoms with E-state index in [0.29, 0.717) is 40.1 Å².